The Morgan fingerprint density at radius 1 is 0.978 bits per heavy atom. The second-order valence-electron chi connectivity index (χ2n) is 11.6. The molecule has 10 heteroatoms. The molecule has 5 rings (SSSR count). The third kappa shape index (κ3) is 8.92. The summed E-state index contributed by atoms with van der Waals surface area (Å²) < 4.78 is 28.7. The average molecular weight is 633 g/mol. The van der Waals surface area contributed by atoms with Crippen molar-refractivity contribution >= 4 is 17.7 Å². The molecule has 246 valence electrons. The van der Waals surface area contributed by atoms with Crippen molar-refractivity contribution in [2.75, 3.05) is 58.0 Å². The molecule has 1 saturated heterocycles. The van der Waals surface area contributed by atoms with Gasteiger partial charge in [-0.2, -0.15) is 0 Å². The lowest BCUT2D eigenvalue weighted by Crippen LogP contribution is -2.46. The van der Waals surface area contributed by atoms with Crippen LogP contribution in [0.1, 0.15) is 47.9 Å². The van der Waals surface area contributed by atoms with Gasteiger partial charge in [0.15, 0.2) is 0 Å². The van der Waals surface area contributed by atoms with E-state index in [-0.39, 0.29) is 24.4 Å². The van der Waals surface area contributed by atoms with Crippen LogP contribution in [-0.2, 0) is 38.6 Å². The Labute approximate surface area is 270 Å². The molecule has 46 heavy (non-hydrogen) atoms. The van der Waals surface area contributed by atoms with E-state index >= 15 is 0 Å². The molecular formula is C36H44N2O8. The van der Waals surface area contributed by atoms with Crippen LogP contribution in [0.5, 0.6) is 11.5 Å². The fourth-order valence-corrected chi connectivity index (χ4v) is 6.04. The van der Waals surface area contributed by atoms with Crippen molar-refractivity contribution in [3.63, 3.8) is 0 Å². The molecule has 2 aliphatic rings. The SMILES string of the molecule is CCOC(=O)Cc1cccc(OCc2ccc(C3CCN(C(=O)O)CC3OCc3ccc4c(c3)N(CCCOC)CCO4)cc2)c1. The van der Waals surface area contributed by atoms with Gasteiger partial charge < -0.3 is 38.6 Å². The fourth-order valence-electron chi connectivity index (χ4n) is 6.04. The van der Waals surface area contributed by atoms with E-state index in [1.807, 2.05) is 48.5 Å². The highest BCUT2D eigenvalue weighted by Gasteiger charge is 2.33. The summed E-state index contributed by atoms with van der Waals surface area (Å²) in [5.41, 5.74) is 5.03. The van der Waals surface area contributed by atoms with Gasteiger partial charge in [0.05, 0.1) is 44.5 Å². The number of esters is 1. The summed E-state index contributed by atoms with van der Waals surface area (Å²) in [5.74, 6) is 1.35. The van der Waals surface area contributed by atoms with E-state index in [2.05, 4.69) is 23.1 Å². The molecule has 2 aliphatic heterocycles. The van der Waals surface area contributed by atoms with E-state index < -0.39 is 6.09 Å². The van der Waals surface area contributed by atoms with E-state index in [0.717, 1.165) is 53.2 Å². The molecule has 1 N–H and O–H groups in total. The van der Waals surface area contributed by atoms with Crippen LogP contribution in [0.3, 0.4) is 0 Å². The van der Waals surface area contributed by atoms with Gasteiger partial charge >= 0.3 is 12.1 Å². The maximum Gasteiger partial charge on any atom is 0.407 e. The molecule has 2 unspecified atom stereocenters. The normalized spacial score (nSPS) is 17.6. The summed E-state index contributed by atoms with van der Waals surface area (Å²) in [7, 11) is 1.72. The molecule has 0 saturated carbocycles. The second kappa shape index (κ2) is 16.3. The number of methoxy groups -OCH3 is 1. The second-order valence-corrected chi connectivity index (χ2v) is 11.6. The van der Waals surface area contributed by atoms with Crippen molar-refractivity contribution in [1.29, 1.82) is 0 Å². The summed E-state index contributed by atoms with van der Waals surface area (Å²) in [6.45, 7) is 6.73. The number of carboxylic acid groups (broad SMARTS) is 1. The summed E-state index contributed by atoms with van der Waals surface area (Å²) in [6.07, 6.45) is 0.590. The van der Waals surface area contributed by atoms with Gasteiger partial charge in [0.25, 0.3) is 0 Å². The van der Waals surface area contributed by atoms with E-state index in [0.29, 0.717) is 58.3 Å². The molecule has 0 radical (unpaired) electrons. The number of hydrogen-bond acceptors (Lipinski definition) is 8. The van der Waals surface area contributed by atoms with Crippen molar-refractivity contribution in [3.05, 3.63) is 89.0 Å². The monoisotopic (exact) mass is 632 g/mol. The molecule has 1 amide bonds. The zero-order valence-electron chi connectivity index (χ0n) is 26.7. The van der Waals surface area contributed by atoms with Crippen molar-refractivity contribution in [2.45, 2.75) is 51.4 Å². The maximum atomic E-state index is 11.9. The Morgan fingerprint density at radius 3 is 2.59 bits per heavy atom. The number of fused-ring (bicyclic) bond motifs is 1. The number of carbonyl (C=O) groups is 2. The number of hydrogen-bond donors (Lipinski definition) is 1. The lowest BCUT2D eigenvalue weighted by atomic mass is 9.86. The predicted molar refractivity (Wildman–Crippen MR) is 174 cm³/mol. The van der Waals surface area contributed by atoms with E-state index in [4.69, 9.17) is 23.7 Å². The number of anilines is 1. The highest BCUT2D eigenvalue weighted by atomic mass is 16.5. The van der Waals surface area contributed by atoms with Crippen LogP contribution in [-0.4, -0.2) is 81.3 Å². The van der Waals surface area contributed by atoms with Crippen LogP contribution in [0.25, 0.3) is 0 Å². The number of carbonyl (C=O) groups excluding carboxylic acids is 1. The molecule has 0 aromatic heterocycles. The molecule has 3 aromatic carbocycles. The van der Waals surface area contributed by atoms with Gasteiger partial charge in [-0.25, -0.2) is 4.79 Å². The van der Waals surface area contributed by atoms with E-state index in [1.54, 1.807) is 14.0 Å². The number of rotatable bonds is 14. The summed E-state index contributed by atoms with van der Waals surface area (Å²) in [6, 6.07) is 21.9. The molecule has 2 heterocycles. The summed E-state index contributed by atoms with van der Waals surface area (Å²) in [5, 5.41) is 9.73. The third-order valence-corrected chi connectivity index (χ3v) is 8.42. The standard InChI is InChI=1S/C36H44N2O8/c1-3-43-35(39)22-27-6-4-7-30(20-27)45-24-26-8-11-29(12-9-26)31-14-16-38(36(40)41)23-34(31)46-25-28-10-13-33-32(21-28)37(17-19-44-33)15-5-18-42-2/h4,6-13,20-21,31,34H,3,5,14-19,22-25H2,1-2H3,(H,40,41). The van der Waals surface area contributed by atoms with Crippen molar-refractivity contribution < 1.29 is 38.4 Å². The van der Waals surface area contributed by atoms with Crippen LogP contribution in [0.15, 0.2) is 66.7 Å². The molecule has 0 spiro atoms. The van der Waals surface area contributed by atoms with Gasteiger partial charge in [0, 0.05) is 32.7 Å². The van der Waals surface area contributed by atoms with Crippen molar-refractivity contribution in [3.8, 4) is 11.5 Å². The minimum atomic E-state index is -0.927. The van der Waals surface area contributed by atoms with Gasteiger partial charge in [0.1, 0.15) is 24.7 Å². The molecular weight excluding hydrogens is 588 g/mol. The number of amides is 1. The smallest absolute Gasteiger partial charge is 0.407 e. The largest absolute Gasteiger partial charge is 0.490 e. The van der Waals surface area contributed by atoms with Gasteiger partial charge in [-0.15, -0.1) is 0 Å². The van der Waals surface area contributed by atoms with Crippen LogP contribution >= 0.6 is 0 Å². The fraction of sp³-hybridized carbons (Fsp3) is 0.444. The zero-order chi connectivity index (χ0) is 32.3. The average Bonchev–Trinajstić information content (AvgIpc) is 3.07. The van der Waals surface area contributed by atoms with Crippen molar-refractivity contribution in [2.24, 2.45) is 0 Å². The van der Waals surface area contributed by atoms with E-state index in [1.165, 1.54) is 4.90 Å². The Kier molecular flexibility index (Phi) is 11.7. The Balaban J connectivity index is 1.22. The Bertz CT molecular complexity index is 1450. The van der Waals surface area contributed by atoms with E-state index in [9.17, 15) is 14.7 Å². The van der Waals surface area contributed by atoms with Gasteiger partial charge in [-0.1, -0.05) is 42.5 Å². The Morgan fingerprint density at radius 2 is 1.80 bits per heavy atom. The number of benzene rings is 3. The lowest BCUT2D eigenvalue weighted by Gasteiger charge is -2.37. The minimum Gasteiger partial charge on any atom is -0.490 e. The van der Waals surface area contributed by atoms with Crippen LogP contribution in [0.4, 0.5) is 10.5 Å². The first-order valence-corrected chi connectivity index (χ1v) is 16.0. The number of nitrogens with zero attached hydrogens (tertiary/aromatic N) is 2. The van der Waals surface area contributed by atoms with Gasteiger partial charge in [0.2, 0.25) is 0 Å². The molecule has 0 bridgehead atoms. The summed E-state index contributed by atoms with van der Waals surface area (Å²) >= 11 is 0. The molecule has 3 aromatic rings. The summed E-state index contributed by atoms with van der Waals surface area (Å²) in [4.78, 5) is 27.5. The van der Waals surface area contributed by atoms with Crippen LogP contribution in [0, 0.1) is 0 Å². The third-order valence-electron chi connectivity index (χ3n) is 8.42. The highest BCUT2D eigenvalue weighted by Crippen LogP contribution is 2.35. The topological polar surface area (TPSA) is 107 Å². The van der Waals surface area contributed by atoms with Crippen molar-refractivity contribution in [1.82, 2.24) is 4.90 Å². The quantitative estimate of drug-likeness (QED) is 0.178. The van der Waals surface area contributed by atoms with Gasteiger partial charge in [-0.3, -0.25) is 4.79 Å². The number of piperidine rings is 1. The first-order valence-electron chi connectivity index (χ1n) is 16.0. The molecule has 0 aliphatic carbocycles. The lowest BCUT2D eigenvalue weighted by molar-refractivity contribution is -0.142. The van der Waals surface area contributed by atoms with Crippen LogP contribution < -0.4 is 14.4 Å². The zero-order valence-corrected chi connectivity index (χ0v) is 26.7. The number of ether oxygens (including phenoxy) is 5. The highest BCUT2D eigenvalue weighted by molar-refractivity contribution is 5.72. The molecule has 10 nitrogen and oxygen atoms in total. The molecule has 1 fully saturated rings. The first kappa shape index (κ1) is 33.1. The first-order chi connectivity index (χ1) is 22.4. The Hall–Kier alpha value is -4.28. The van der Waals surface area contributed by atoms with Gasteiger partial charge in [-0.05, 0) is 66.3 Å². The number of likely N-dealkylation sites (tertiary alicyclic amines) is 1. The maximum absolute atomic E-state index is 11.9. The van der Waals surface area contributed by atoms with Crippen LogP contribution in [0.2, 0.25) is 0 Å². The predicted octanol–water partition coefficient (Wildman–Crippen LogP) is 5.66. The molecule has 2 atom stereocenters. The minimum absolute atomic E-state index is 0.0524.